The second kappa shape index (κ2) is 7.59. The molecular weight excluding hydrogens is 324 g/mol. The summed E-state index contributed by atoms with van der Waals surface area (Å²) in [5.74, 6) is -0.611. The number of nitrogens with two attached hydrogens (primary N) is 1. The molecule has 1 atom stereocenters. The van der Waals surface area contributed by atoms with Gasteiger partial charge in [-0.1, -0.05) is 43.3 Å². The fraction of sp³-hybridized carbons (Fsp3) is 0.278. The number of sulfonamides is 1. The number of hydrogen-bond acceptors (Lipinski definition) is 3. The Morgan fingerprint density at radius 3 is 2.08 bits per heavy atom. The van der Waals surface area contributed by atoms with Crippen LogP contribution in [0.25, 0.3) is 0 Å². The maximum atomic E-state index is 12.4. The predicted octanol–water partition coefficient (Wildman–Crippen LogP) is 2.78. The van der Waals surface area contributed by atoms with E-state index in [1.165, 1.54) is 5.56 Å². The molecule has 1 amide bonds. The van der Waals surface area contributed by atoms with Gasteiger partial charge in [-0.2, -0.15) is 0 Å². The minimum absolute atomic E-state index is 0.113. The van der Waals surface area contributed by atoms with Crippen molar-refractivity contribution < 1.29 is 13.2 Å². The molecule has 2 aromatic rings. The summed E-state index contributed by atoms with van der Waals surface area (Å²) >= 11 is 0. The van der Waals surface area contributed by atoms with Crippen LogP contribution in [-0.4, -0.2) is 14.3 Å². The molecule has 3 N–H and O–H groups in total. The molecule has 2 rings (SSSR count). The van der Waals surface area contributed by atoms with Gasteiger partial charge < -0.3 is 5.32 Å². The van der Waals surface area contributed by atoms with E-state index in [1.54, 1.807) is 24.3 Å². The summed E-state index contributed by atoms with van der Waals surface area (Å²) in [6, 6.07) is 14.6. The average molecular weight is 346 g/mol. The summed E-state index contributed by atoms with van der Waals surface area (Å²) < 4.78 is 22.1. The van der Waals surface area contributed by atoms with Gasteiger partial charge in [-0.3, -0.25) is 4.79 Å². The molecule has 0 spiro atoms. The highest BCUT2D eigenvalue weighted by Crippen LogP contribution is 2.19. The Morgan fingerprint density at radius 1 is 1.04 bits per heavy atom. The standard InChI is InChI=1S/C18H22N2O3S/c1-3-14-4-8-16(9-5-14)13(2)18(21)20-17-10-6-15(7-11-17)12-24(19,22)23/h4-11,13H,3,12H2,1-2H3,(H,20,21)(H2,19,22,23)/t13-/m1/s1. The lowest BCUT2D eigenvalue weighted by Crippen LogP contribution is -2.19. The minimum atomic E-state index is -3.56. The van der Waals surface area contributed by atoms with Crippen molar-refractivity contribution in [2.75, 3.05) is 5.32 Å². The fourth-order valence-corrected chi connectivity index (χ4v) is 3.02. The Hall–Kier alpha value is -2.18. The van der Waals surface area contributed by atoms with Gasteiger partial charge in [0, 0.05) is 5.69 Å². The Kier molecular flexibility index (Phi) is 5.75. The number of primary sulfonamides is 1. The summed E-state index contributed by atoms with van der Waals surface area (Å²) in [5, 5.41) is 7.85. The van der Waals surface area contributed by atoms with E-state index in [1.807, 2.05) is 31.2 Å². The molecule has 0 saturated heterocycles. The van der Waals surface area contributed by atoms with Crippen LogP contribution in [0.2, 0.25) is 0 Å². The van der Waals surface area contributed by atoms with Crippen LogP contribution >= 0.6 is 0 Å². The van der Waals surface area contributed by atoms with Crippen LogP contribution in [0, 0.1) is 0 Å². The van der Waals surface area contributed by atoms with Gasteiger partial charge in [0.15, 0.2) is 0 Å². The van der Waals surface area contributed by atoms with Crippen LogP contribution in [0.15, 0.2) is 48.5 Å². The molecular formula is C18H22N2O3S. The Labute approximate surface area is 142 Å². The number of hydrogen-bond donors (Lipinski definition) is 2. The number of benzene rings is 2. The van der Waals surface area contributed by atoms with Gasteiger partial charge in [-0.25, -0.2) is 13.6 Å². The normalized spacial score (nSPS) is 12.6. The summed E-state index contributed by atoms with van der Waals surface area (Å²) in [6.07, 6.45) is 0.964. The lowest BCUT2D eigenvalue weighted by Gasteiger charge is -2.13. The van der Waals surface area contributed by atoms with Gasteiger partial charge >= 0.3 is 0 Å². The van der Waals surface area contributed by atoms with Crippen LogP contribution in [-0.2, 0) is 27.0 Å². The predicted molar refractivity (Wildman–Crippen MR) is 96.1 cm³/mol. The highest BCUT2D eigenvalue weighted by atomic mass is 32.2. The Bertz CT molecular complexity index is 797. The molecule has 0 aliphatic rings. The quantitative estimate of drug-likeness (QED) is 0.843. The molecule has 0 saturated carbocycles. The third-order valence-electron chi connectivity index (χ3n) is 3.87. The summed E-state index contributed by atoms with van der Waals surface area (Å²) in [5.41, 5.74) is 3.39. The Morgan fingerprint density at radius 2 is 1.58 bits per heavy atom. The number of nitrogens with one attached hydrogen (secondary N) is 1. The number of aryl methyl sites for hydroxylation is 1. The zero-order chi connectivity index (χ0) is 17.7. The maximum absolute atomic E-state index is 12.4. The van der Waals surface area contributed by atoms with Crippen molar-refractivity contribution in [2.45, 2.75) is 31.9 Å². The van der Waals surface area contributed by atoms with E-state index in [0.717, 1.165) is 12.0 Å². The van der Waals surface area contributed by atoms with Crippen molar-refractivity contribution in [3.05, 3.63) is 65.2 Å². The lowest BCUT2D eigenvalue weighted by atomic mass is 9.98. The molecule has 0 aliphatic carbocycles. The largest absolute Gasteiger partial charge is 0.326 e. The first kappa shape index (κ1) is 18.2. The smallest absolute Gasteiger partial charge is 0.231 e. The van der Waals surface area contributed by atoms with E-state index in [9.17, 15) is 13.2 Å². The van der Waals surface area contributed by atoms with Crippen molar-refractivity contribution in [3.8, 4) is 0 Å². The molecule has 0 bridgehead atoms. The van der Waals surface area contributed by atoms with Gasteiger partial charge in [-0.05, 0) is 42.2 Å². The van der Waals surface area contributed by atoms with Gasteiger partial charge in [-0.15, -0.1) is 0 Å². The summed E-state index contributed by atoms with van der Waals surface area (Å²) in [7, 11) is -3.56. The van der Waals surface area contributed by atoms with Crippen molar-refractivity contribution in [1.82, 2.24) is 0 Å². The average Bonchev–Trinajstić information content (AvgIpc) is 2.54. The van der Waals surface area contributed by atoms with Crippen LogP contribution in [0.3, 0.4) is 0 Å². The second-order valence-corrected chi connectivity index (χ2v) is 7.42. The van der Waals surface area contributed by atoms with Crippen LogP contribution in [0.1, 0.15) is 36.5 Å². The molecule has 0 heterocycles. The van der Waals surface area contributed by atoms with Gasteiger partial charge in [0.2, 0.25) is 15.9 Å². The molecule has 24 heavy (non-hydrogen) atoms. The van der Waals surface area contributed by atoms with Crippen molar-refractivity contribution >= 4 is 21.6 Å². The molecule has 0 radical (unpaired) electrons. The first-order valence-corrected chi connectivity index (χ1v) is 9.49. The van der Waals surface area contributed by atoms with E-state index < -0.39 is 10.0 Å². The van der Waals surface area contributed by atoms with E-state index >= 15 is 0 Å². The second-order valence-electron chi connectivity index (χ2n) is 5.81. The van der Waals surface area contributed by atoms with E-state index in [-0.39, 0.29) is 17.6 Å². The zero-order valence-electron chi connectivity index (χ0n) is 13.8. The number of amides is 1. The zero-order valence-corrected chi connectivity index (χ0v) is 14.6. The van der Waals surface area contributed by atoms with Gasteiger partial charge in [0.1, 0.15) is 0 Å². The topological polar surface area (TPSA) is 89.3 Å². The van der Waals surface area contributed by atoms with Crippen molar-refractivity contribution in [2.24, 2.45) is 5.14 Å². The molecule has 128 valence electrons. The minimum Gasteiger partial charge on any atom is -0.326 e. The summed E-state index contributed by atoms with van der Waals surface area (Å²) in [6.45, 7) is 3.94. The monoisotopic (exact) mass is 346 g/mol. The molecule has 2 aromatic carbocycles. The van der Waals surface area contributed by atoms with Gasteiger partial charge in [0.05, 0.1) is 11.7 Å². The van der Waals surface area contributed by atoms with Crippen LogP contribution in [0.5, 0.6) is 0 Å². The van der Waals surface area contributed by atoms with E-state index in [4.69, 9.17) is 5.14 Å². The third-order valence-corrected chi connectivity index (χ3v) is 4.61. The van der Waals surface area contributed by atoms with Crippen LogP contribution in [0.4, 0.5) is 5.69 Å². The number of carbonyl (C=O) groups is 1. The molecule has 0 aromatic heterocycles. The summed E-state index contributed by atoms with van der Waals surface area (Å²) in [4.78, 5) is 12.4. The number of rotatable bonds is 6. The molecule has 6 heteroatoms. The molecule has 0 fully saturated rings. The van der Waals surface area contributed by atoms with Crippen molar-refractivity contribution in [1.29, 1.82) is 0 Å². The highest BCUT2D eigenvalue weighted by Gasteiger charge is 2.15. The first-order chi connectivity index (χ1) is 11.3. The number of anilines is 1. The Balaban J connectivity index is 2.02. The van der Waals surface area contributed by atoms with Crippen molar-refractivity contribution in [3.63, 3.8) is 0 Å². The van der Waals surface area contributed by atoms with E-state index in [0.29, 0.717) is 11.3 Å². The molecule has 5 nitrogen and oxygen atoms in total. The molecule has 0 unspecified atom stereocenters. The maximum Gasteiger partial charge on any atom is 0.231 e. The van der Waals surface area contributed by atoms with Crippen LogP contribution < -0.4 is 10.5 Å². The highest BCUT2D eigenvalue weighted by molar-refractivity contribution is 7.88. The number of carbonyl (C=O) groups excluding carboxylic acids is 1. The fourth-order valence-electron chi connectivity index (χ4n) is 2.36. The third kappa shape index (κ3) is 5.18. The van der Waals surface area contributed by atoms with E-state index in [2.05, 4.69) is 12.2 Å². The molecule has 0 aliphatic heterocycles. The lowest BCUT2D eigenvalue weighted by molar-refractivity contribution is -0.117. The SMILES string of the molecule is CCc1ccc([C@@H](C)C(=O)Nc2ccc(CS(N)(=O)=O)cc2)cc1. The van der Waals surface area contributed by atoms with Gasteiger partial charge in [0.25, 0.3) is 0 Å². The first-order valence-electron chi connectivity index (χ1n) is 7.77.